The number of ether oxygens (including phenoxy) is 2. The van der Waals surface area contributed by atoms with Gasteiger partial charge >= 0.3 is 14.3 Å². The van der Waals surface area contributed by atoms with Crippen LogP contribution < -0.4 is 19.5 Å². The van der Waals surface area contributed by atoms with Crippen LogP contribution in [0.15, 0.2) is 133 Å². The predicted molar refractivity (Wildman–Crippen MR) is 215 cm³/mol. The van der Waals surface area contributed by atoms with Gasteiger partial charge in [-0.15, -0.1) is 0 Å². The van der Waals surface area contributed by atoms with Crippen molar-refractivity contribution < 1.29 is 34.0 Å². The van der Waals surface area contributed by atoms with Gasteiger partial charge in [-0.2, -0.15) is 0 Å². The molecule has 0 amide bonds. The second-order valence-electron chi connectivity index (χ2n) is 14.9. The molecule has 6 aromatic rings. The lowest BCUT2D eigenvalue weighted by Crippen LogP contribution is -2.69. The van der Waals surface area contributed by atoms with Crippen LogP contribution in [-0.4, -0.2) is 42.3 Å². The Hall–Kier alpha value is -5.25. The van der Waals surface area contributed by atoms with E-state index in [1.165, 1.54) is 0 Å². The zero-order chi connectivity index (χ0) is 37.9. The Morgan fingerprint density at radius 3 is 2.06 bits per heavy atom. The number of carbonyl (C=O) groups is 1. The standard InChI is InChI=1S/C46H46O7Si/c1-46(2,3)54(36-18-9-5-10-19-36,37-20-11-6-12-21-37)53-44-39-28-35(52-30-31-14-13-17-33(26-31)41-27-34(48)24-25-51-41)22-23-38(39)42(32-15-7-4-8-16-32)40(29-47)43(44)45(49)50/h4-23,26,28,34,41,47-48H,24-25,27,29-30H2,1-3H3,(H,49,50). The summed E-state index contributed by atoms with van der Waals surface area (Å²) in [5.74, 6) is -0.447. The summed E-state index contributed by atoms with van der Waals surface area (Å²) in [6, 6.07) is 43.5. The van der Waals surface area contributed by atoms with Crippen molar-refractivity contribution in [2.45, 2.75) is 64.1 Å². The van der Waals surface area contributed by atoms with Crippen LogP contribution in [0.1, 0.15) is 66.8 Å². The van der Waals surface area contributed by atoms with Gasteiger partial charge < -0.3 is 29.2 Å². The largest absolute Gasteiger partial charge is 0.533 e. The van der Waals surface area contributed by atoms with Crippen molar-refractivity contribution in [2.24, 2.45) is 0 Å². The smallest absolute Gasteiger partial charge is 0.339 e. The number of benzene rings is 6. The van der Waals surface area contributed by atoms with Gasteiger partial charge in [0, 0.05) is 24.0 Å². The second-order valence-corrected chi connectivity index (χ2v) is 19.2. The minimum Gasteiger partial charge on any atom is -0.533 e. The molecule has 2 atom stereocenters. The van der Waals surface area contributed by atoms with Crippen LogP contribution in [0.5, 0.6) is 11.5 Å². The number of aliphatic hydroxyl groups excluding tert-OH is 2. The maximum Gasteiger partial charge on any atom is 0.339 e. The number of hydrogen-bond donors (Lipinski definition) is 3. The SMILES string of the molecule is CC(C)(C)[Si](Oc1c(C(=O)O)c(CO)c(-c2ccccc2)c2ccc(OCc3cccc(C4CC(O)CCO4)c3)cc12)(c1ccccc1)c1ccccc1. The van der Waals surface area contributed by atoms with Crippen LogP contribution in [-0.2, 0) is 18.0 Å². The van der Waals surface area contributed by atoms with Crippen molar-refractivity contribution in [3.8, 4) is 22.6 Å². The lowest BCUT2D eigenvalue weighted by molar-refractivity contribution is -0.0448. The lowest BCUT2D eigenvalue weighted by Gasteiger charge is -2.43. The number of fused-ring (bicyclic) bond motifs is 1. The summed E-state index contributed by atoms with van der Waals surface area (Å²) in [5.41, 5.74) is 3.56. The molecule has 1 fully saturated rings. The minimum atomic E-state index is -3.35. The van der Waals surface area contributed by atoms with Crippen LogP contribution in [0.4, 0.5) is 0 Å². The maximum atomic E-state index is 13.6. The minimum absolute atomic E-state index is 0.0728. The van der Waals surface area contributed by atoms with E-state index in [0.29, 0.717) is 36.1 Å². The molecule has 7 rings (SSSR count). The topological polar surface area (TPSA) is 105 Å². The summed E-state index contributed by atoms with van der Waals surface area (Å²) in [5, 5.41) is 35.2. The summed E-state index contributed by atoms with van der Waals surface area (Å²) in [4.78, 5) is 13.6. The molecule has 276 valence electrons. The second kappa shape index (κ2) is 15.6. The molecule has 0 saturated carbocycles. The molecular formula is C46H46O7Si. The van der Waals surface area contributed by atoms with Crippen LogP contribution >= 0.6 is 0 Å². The van der Waals surface area contributed by atoms with Crippen molar-refractivity contribution >= 4 is 35.4 Å². The summed E-state index contributed by atoms with van der Waals surface area (Å²) < 4.78 is 20.0. The third-order valence-corrected chi connectivity index (χ3v) is 15.3. The Morgan fingerprint density at radius 1 is 0.815 bits per heavy atom. The summed E-state index contributed by atoms with van der Waals surface area (Å²) in [6.07, 6.45) is 0.624. The van der Waals surface area contributed by atoms with Gasteiger partial charge in [-0.05, 0) is 73.7 Å². The molecule has 0 spiro atoms. The average molecular weight is 739 g/mol. The Labute approximate surface area is 317 Å². The molecule has 0 aliphatic carbocycles. The van der Waals surface area contributed by atoms with Crippen molar-refractivity contribution in [1.82, 2.24) is 0 Å². The molecule has 1 saturated heterocycles. The molecule has 6 aromatic carbocycles. The molecule has 1 aliphatic heterocycles. The fraction of sp³-hybridized carbons (Fsp3) is 0.239. The van der Waals surface area contributed by atoms with Crippen LogP contribution in [0.2, 0.25) is 5.04 Å². The first-order valence-corrected chi connectivity index (χ1v) is 20.3. The summed E-state index contributed by atoms with van der Waals surface area (Å²) in [6.45, 7) is 6.71. The van der Waals surface area contributed by atoms with Gasteiger partial charge in [0.2, 0.25) is 0 Å². The normalized spacial score (nSPS) is 16.2. The highest BCUT2D eigenvalue weighted by Gasteiger charge is 2.53. The van der Waals surface area contributed by atoms with E-state index in [-0.39, 0.29) is 35.7 Å². The Bertz CT molecular complexity index is 2190. The highest BCUT2D eigenvalue weighted by Crippen LogP contribution is 2.46. The average Bonchev–Trinajstić information content (AvgIpc) is 3.19. The number of carboxylic acid groups (broad SMARTS) is 1. The predicted octanol–water partition coefficient (Wildman–Crippen LogP) is 8.43. The number of aliphatic hydroxyl groups is 2. The number of rotatable bonds is 11. The molecule has 1 heterocycles. The molecule has 54 heavy (non-hydrogen) atoms. The molecular weight excluding hydrogens is 693 g/mol. The quantitative estimate of drug-likeness (QED) is 0.115. The van der Waals surface area contributed by atoms with E-state index < -0.39 is 25.9 Å². The maximum absolute atomic E-state index is 13.6. The van der Waals surface area contributed by atoms with Crippen molar-refractivity contribution in [1.29, 1.82) is 0 Å². The number of aromatic carboxylic acids is 1. The van der Waals surface area contributed by atoms with Gasteiger partial charge in [-0.25, -0.2) is 4.79 Å². The van der Waals surface area contributed by atoms with Gasteiger partial charge in [-0.3, -0.25) is 0 Å². The van der Waals surface area contributed by atoms with Crippen LogP contribution in [0, 0.1) is 0 Å². The molecule has 2 unspecified atom stereocenters. The van der Waals surface area contributed by atoms with Gasteiger partial charge in [-0.1, -0.05) is 130 Å². The van der Waals surface area contributed by atoms with E-state index in [1.807, 2.05) is 109 Å². The molecule has 7 nitrogen and oxygen atoms in total. The third-order valence-electron chi connectivity index (χ3n) is 10.4. The van der Waals surface area contributed by atoms with Gasteiger partial charge in [0.25, 0.3) is 0 Å². The van der Waals surface area contributed by atoms with E-state index in [9.17, 15) is 20.1 Å². The number of hydrogen-bond acceptors (Lipinski definition) is 6. The van der Waals surface area contributed by atoms with E-state index >= 15 is 0 Å². The zero-order valence-corrected chi connectivity index (χ0v) is 31.9. The Morgan fingerprint density at radius 2 is 1.46 bits per heavy atom. The summed E-state index contributed by atoms with van der Waals surface area (Å²) in [7, 11) is -3.35. The first kappa shape index (κ1) is 37.1. The van der Waals surface area contributed by atoms with Gasteiger partial charge in [0.1, 0.15) is 23.7 Å². The van der Waals surface area contributed by atoms with E-state index in [2.05, 4.69) is 45.0 Å². The fourth-order valence-corrected chi connectivity index (χ4v) is 12.3. The monoisotopic (exact) mass is 738 g/mol. The Balaban J connectivity index is 1.43. The molecule has 3 N–H and O–H groups in total. The molecule has 8 heteroatoms. The number of carboxylic acids is 1. The van der Waals surface area contributed by atoms with Gasteiger partial charge in [0.15, 0.2) is 0 Å². The summed E-state index contributed by atoms with van der Waals surface area (Å²) >= 11 is 0. The van der Waals surface area contributed by atoms with E-state index in [4.69, 9.17) is 13.9 Å². The van der Waals surface area contributed by atoms with Crippen LogP contribution in [0.25, 0.3) is 21.9 Å². The van der Waals surface area contributed by atoms with Crippen molar-refractivity contribution in [2.75, 3.05) is 6.61 Å². The van der Waals surface area contributed by atoms with Crippen molar-refractivity contribution in [3.05, 3.63) is 156 Å². The molecule has 0 bridgehead atoms. The highest BCUT2D eigenvalue weighted by atomic mass is 28.4. The third kappa shape index (κ3) is 7.18. The molecule has 0 radical (unpaired) electrons. The Kier molecular flexibility index (Phi) is 10.7. The highest BCUT2D eigenvalue weighted by molar-refractivity contribution is 7.00. The first-order valence-electron chi connectivity index (χ1n) is 18.4. The molecule has 0 aromatic heterocycles. The van der Waals surface area contributed by atoms with Gasteiger partial charge in [0.05, 0.1) is 18.8 Å². The van der Waals surface area contributed by atoms with Crippen LogP contribution in [0.3, 0.4) is 0 Å². The lowest BCUT2D eigenvalue weighted by atomic mass is 9.89. The van der Waals surface area contributed by atoms with E-state index in [0.717, 1.165) is 32.5 Å². The van der Waals surface area contributed by atoms with Crippen molar-refractivity contribution in [3.63, 3.8) is 0 Å². The molecule has 1 aliphatic rings. The first-order chi connectivity index (χ1) is 26.1. The zero-order valence-electron chi connectivity index (χ0n) is 30.9. The fourth-order valence-electron chi connectivity index (χ4n) is 7.87. The van der Waals surface area contributed by atoms with E-state index in [1.54, 1.807) is 0 Å².